The van der Waals surface area contributed by atoms with Gasteiger partial charge in [-0.05, 0) is 88.5 Å². The summed E-state index contributed by atoms with van der Waals surface area (Å²) in [5, 5.41) is 0. The summed E-state index contributed by atoms with van der Waals surface area (Å²) >= 11 is 0. The van der Waals surface area contributed by atoms with Crippen molar-refractivity contribution in [3.05, 3.63) is 81.0 Å². The molecule has 0 aromatic heterocycles. The Morgan fingerprint density at radius 3 is 1.28 bits per heavy atom. The van der Waals surface area contributed by atoms with Crippen LogP contribution >= 0.6 is 0 Å². The monoisotopic (exact) mass is 326 g/mol. The molecule has 1 aromatic carbocycles. The minimum absolute atomic E-state index is 0.520. The van der Waals surface area contributed by atoms with Crippen LogP contribution in [0.1, 0.15) is 91.9 Å². The lowest BCUT2D eigenvalue weighted by molar-refractivity contribution is 0.661. The smallest absolute Gasteiger partial charge is 0.0342 e. The quantitative estimate of drug-likeness (QED) is 0.492. The number of hydrogen-bond donors (Lipinski definition) is 0. The van der Waals surface area contributed by atoms with Crippen molar-refractivity contribution in [2.24, 2.45) is 0 Å². The van der Waals surface area contributed by atoms with Crippen molar-refractivity contribution in [2.45, 2.75) is 69.6 Å². The summed E-state index contributed by atoms with van der Waals surface area (Å²) in [6.45, 7) is 4.85. The number of benzene rings is 1. The molecule has 0 heterocycles. The van der Waals surface area contributed by atoms with E-state index in [2.05, 4.69) is 50.3 Å². The average Bonchev–Trinajstić information content (AvgIpc) is 2.93. The van der Waals surface area contributed by atoms with Crippen molar-refractivity contribution in [2.75, 3.05) is 0 Å². The van der Waals surface area contributed by atoms with E-state index in [0.717, 1.165) is 11.8 Å². The van der Waals surface area contributed by atoms with E-state index in [1.165, 1.54) is 32.1 Å². The second-order valence-corrected chi connectivity index (χ2v) is 8.81. The lowest BCUT2D eigenvalue weighted by Crippen LogP contribution is -2.32. The molecule has 0 N–H and O–H groups in total. The normalized spacial score (nSPS) is 34.2. The lowest BCUT2D eigenvalue weighted by atomic mass is 9.55. The highest BCUT2D eigenvalue weighted by Gasteiger charge is 2.47. The van der Waals surface area contributed by atoms with Gasteiger partial charge in [-0.3, -0.25) is 0 Å². The fourth-order valence-corrected chi connectivity index (χ4v) is 6.38. The van der Waals surface area contributed by atoms with Crippen molar-refractivity contribution in [1.29, 1.82) is 0 Å². The molecule has 0 amide bonds. The largest absolute Gasteiger partial charge is 0.0797 e. The van der Waals surface area contributed by atoms with Crippen LogP contribution < -0.4 is 0 Å². The van der Waals surface area contributed by atoms with Crippen LogP contribution in [0.4, 0.5) is 0 Å². The van der Waals surface area contributed by atoms with Gasteiger partial charge in [0.2, 0.25) is 0 Å². The number of fused-ring (bicyclic) bond motifs is 1. The Balaban J connectivity index is 1.67. The maximum Gasteiger partial charge on any atom is 0.0342 e. The van der Waals surface area contributed by atoms with Gasteiger partial charge in [0.25, 0.3) is 0 Å². The molecule has 0 aliphatic heterocycles. The van der Waals surface area contributed by atoms with Crippen LogP contribution in [0, 0.1) is 0 Å². The zero-order valence-corrected chi connectivity index (χ0v) is 15.3. The molecule has 0 saturated heterocycles. The first-order chi connectivity index (χ1) is 12.2. The molecule has 1 saturated carbocycles. The topological polar surface area (TPSA) is 0 Å². The summed E-state index contributed by atoms with van der Waals surface area (Å²) in [4.78, 5) is 0. The molecule has 2 atom stereocenters. The molecule has 2 bridgehead atoms. The Labute approximate surface area is 151 Å². The minimum atomic E-state index is 0.520. The van der Waals surface area contributed by atoms with Crippen molar-refractivity contribution >= 4 is 0 Å². The van der Waals surface area contributed by atoms with Crippen molar-refractivity contribution in [1.82, 2.24) is 0 Å². The van der Waals surface area contributed by atoms with E-state index in [-0.39, 0.29) is 0 Å². The Kier molecular flexibility index (Phi) is 2.80. The summed E-state index contributed by atoms with van der Waals surface area (Å²) in [5.74, 6) is 2.49. The van der Waals surface area contributed by atoms with Gasteiger partial charge < -0.3 is 0 Å². The SMILES string of the molecule is CC1CC(C)c2cc3c(cc21)C1C2=CCCC=C2C3C2=CCCC=C21. The van der Waals surface area contributed by atoms with Crippen LogP contribution in [-0.2, 0) is 0 Å². The minimum Gasteiger partial charge on any atom is -0.0797 e. The number of hydrogen-bond acceptors (Lipinski definition) is 0. The van der Waals surface area contributed by atoms with E-state index >= 15 is 0 Å². The first-order valence-corrected chi connectivity index (χ1v) is 10.2. The van der Waals surface area contributed by atoms with E-state index in [0.29, 0.717) is 11.8 Å². The maximum atomic E-state index is 2.62. The summed E-state index contributed by atoms with van der Waals surface area (Å²) in [7, 11) is 0. The van der Waals surface area contributed by atoms with E-state index in [9.17, 15) is 0 Å². The standard InChI is InChI=1S/C25H26/c1-14-11-15(2)21-13-23-22(12-20(14)21)24-16-7-3-5-9-18(16)25(23)19-10-6-4-8-17(19)24/h7-10,12-15,24-25H,3-6,11H2,1-2H3. The second kappa shape index (κ2) is 4.87. The molecule has 7 rings (SSSR count). The molecule has 0 nitrogen and oxygen atoms in total. The van der Waals surface area contributed by atoms with Gasteiger partial charge in [-0.2, -0.15) is 0 Å². The molecule has 6 aliphatic carbocycles. The summed E-state index contributed by atoms with van der Waals surface area (Å²) in [6.07, 6.45) is 16.4. The van der Waals surface area contributed by atoms with Crippen molar-refractivity contribution < 1.29 is 0 Å². The van der Waals surface area contributed by atoms with E-state index in [1.54, 1.807) is 44.5 Å². The maximum absolute atomic E-state index is 2.62. The van der Waals surface area contributed by atoms with Gasteiger partial charge in [-0.25, -0.2) is 0 Å². The van der Waals surface area contributed by atoms with Crippen LogP contribution in [0.2, 0.25) is 0 Å². The van der Waals surface area contributed by atoms with Crippen LogP contribution in [0.15, 0.2) is 58.7 Å². The molecule has 0 spiro atoms. The third-order valence-electron chi connectivity index (χ3n) is 7.38. The third-order valence-corrected chi connectivity index (χ3v) is 7.38. The van der Waals surface area contributed by atoms with E-state index in [4.69, 9.17) is 0 Å². The predicted octanol–water partition coefficient (Wildman–Crippen LogP) is 6.78. The van der Waals surface area contributed by atoms with Gasteiger partial charge in [-0.15, -0.1) is 0 Å². The van der Waals surface area contributed by atoms with Gasteiger partial charge in [0.1, 0.15) is 0 Å². The molecule has 0 radical (unpaired) electrons. The molecule has 1 fully saturated rings. The van der Waals surface area contributed by atoms with Crippen molar-refractivity contribution in [3.63, 3.8) is 0 Å². The van der Waals surface area contributed by atoms with Crippen LogP contribution in [0.5, 0.6) is 0 Å². The lowest BCUT2D eigenvalue weighted by Gasteiger charge is -2.48. The van der Waals surface area contributed by atoms with Gasteiger partial charge in [-0.1, -0.05) is 50.3 Å². The predicted molar refractivity (Wildman–Crippen MR) is 104 cm³/mol. The summed E-state index contributed by atoms with van der Waals surface area (Å²) < 4.78 is 0. The molecule has 1 aromatic rings. The van der Waals surface area contributed by atoms with Crippen molar-refractivity contribution in [3.8, 4) is 0 Å². The highest BCUT2D eigenvalue weighted by molar-refractivity contribution is 5.74. The highest BCUT2D eigenvalue weighted by atomic mass is 14.5. The average molecular weight is 326 g/mol. The van der Waals surface area contributed by atoms with Crippen LogP contribution in [0.25, 0.3) is 0 Å². The number of allylic oxidation sites excluding steroid dienone is 8. The fourth-order valence-electron chi connectivity index (χ4n) is 6.38. The summed E-state index contributed by atoms with van der Waals surface area (Å²) in [5.41, 5.74) is 13.1. The van der Waals surface area contributed by atoms with Gasteiger partial charge in [0.15, 0.2) is 0 Å². The Bertz CT molecular complexity index is 803. The molecule has 6 aliphatic rings. The van der Waals surface area contributed by atoms with E-state index < -0.39 is 0 Å². The number of rotatable bonds is 0. The zero-order valence-electron chi connectivity index (χ0n) is 15.3. The molecular weight excluding hydrogens is 300 g/mol. The molecule has 126 valence electrons. The molecule has 2 unspecified atom stereocenters. The molecular formula is C25H26. The van der Waals surface area contributed by atoms with E-state index in [1.807, 2.05) is 0 Å². The molecule has 0 heteroatoms. The van der Waals surface area contributed by atoms with Gasteiger partial charge >= 0.3 is 0 Å². The zero-order chi connectivity index (χ0) is 16.7. The Morgan fingerprint density at radius 2 is 0.920 bits per heavy atom. The highest BCUT2D eigenvalue weighted by Crippen LogP contribution is 2.63. The third kappa shape index (κ3) is 1.73. The van der Waals surface area contributed by atoms with Gasteiger partial charge in [0.05, 0.1) is 0 Å². The second-order valence-electron chi connectivity index (χ2n) is 8.81. The summed E-state index contributed by atoms with van der Waals surface area (Å²) in [6, 6.07) is 5.24. The Hall–Kier alpha value is -1.82. The van der Waals surface area contributed by atoms with Crippen LogP contribution in [0.3, 0.4) is 0 Å². The first-order valence-electron chi connectivity index (χ1n) is 10.2. The molecule has 25 heavy (non-hydrogen) atoms. The fraction of sp³-hybridized carbons (Fsp3) is 0.440. The Morgan fingerprint density at radius 1 is 0.560 bits per heavy atom. The first kappa shape index (κ1) is 14.4. The van der Waals surface area contributed by atoms with Crippen LogP contribution in [-0.4, -0.2) is 0 Å². The van der Waals surface area contributed by atoms with Gasteiger partial charge in [0, 0.05) is 11.8 Å².